The first kappa shape index (κ1) is 19.9. The molecule has 1 fully saturated rings. The van der Waals surface area contributed by atoms with Gasteiger partial charge in [0.15, 0.2) is 0 Å². The van der Waals surface area contributed by atoms with Crippen molar-refractivity contribution in [2.24, 2.45) is 4.99 Å². The van der Waals surface area contributed by atoms with E-state index < -0.39 is 0 Å². The van der Waals surface area contributed by atoms with Crippen LogP contribution >= 0.6 is 0 Å². The molecule has 1 saturated heterocycles. The summed E-state index contributed by atoms with van der Waals surface area (Å²) in [4.78, 5) is 21.4. The number of hydrogen-bond acceptors (Lipinski definition) is 5. The third kappa shape index (κ3) is 4.70. The van der Waals surface area contributed by atoms with Crippen molar-refractivity contribution in [3.63, 3.8) is 0 Å². The van der Waals surface area contributed by atoms with Crippen molar-refractivity contribution >= 4 is 17.5 Å². The van der Waals surface area contributed by atoms with Gasteiger partial charge in [-0.25, -0.2) is 9.79 Å². The lowest BCUT2D eigenvalue weighted by Crippen LogP contribution is -2.48. The molecule has 0 N–H and O–H groups in total. The van der Waals surface area contributed by atoms with Crippen LogP contribution in [0.5, 0.6) is 5.75 Å². The van der Waals surface area contributed by atoms with E-state index in [0.29, 0.717) is 5.56 Å². The molecular formula is C22H27N3O3. The second-order valence-corrected chi connectivity index (χ2v) is 6.63. The molecule has 1 heterocycles. The second-order valence-electron chi connectivity index (χ2n) is 6.63. The van der Waals surface area contributed by atoms with E-state index >= 15 is 0 Å². The zero-order valence-electron chi connectivity index (χ0n) is 16.7. The number of likely N-dealkylation sites (N-methyl/N-ethyl adjacent to an activating group) is 1. The van der Waals surface area contributed by atoms with Gasteiger partial charge in [-0.3, -0.25) is 0 Å². The first-order valence-electron chi connectivity index (χ1n) is 9.53. The van der Waals surface area contributed by atoms with Crippen LogP contribution in [0.3, 0.4) is 0 Å². The molecule has 2 aromatic carbocycles. The number of amidine groups is 1. The topological polar surface area (TPSA) is 54.4 Å². The van der Waals surface area contributed by atoms with E-state index in [-0.39, 0.29) is 5.97 Å². The number of carbonyl (C=O) groups is 1. The third-order valence-electron chi connectivity index (χ3n) is 4.97. The molecule has 0 atom stereocenters. The molecule has 148 valence electrons. The fourth-order valence-electron chi connectivity index (χ4n) is 3.27. The number of aliphatic imine (C=N–C) groups is 1. The number of esters is 1. The summed E-state index contributed by atoms with van der Waals surface area (Å²) in [7, 11) is 3.04. The smallest absolute Gasteiger partial charge is 0.337 e. The quantitative estimate of drug-likeness (QED) is 0.452. The van der Waals surface area contributed by atoms with Crippen molar-refractivity contribution in [1.82, 2.24) is 9.80 Å². The maximum Gasteiger partial charge on any atom is 0.337 e. The van der Waals surface area contributed by atoms with Crippen LogP contribution in [-0.2, 0) is 4.74 Å². The summed E-state index contributed by atoms with van der Waals surface area (Å²) >= 11 is 0. The van der Waals surface area contributed by atoms with E-state index in [1.54, 1.807) is 19.2 Å². The van der Waals surface area contributed by atoms with Gasteiger partial charge in [-0.2, -0.15) is 0 Å². The zero-order chi connectivity index (χ0) is 19.9. The number of carbonyl (C=O) groups excluding carboxylic acids is 1. The Hall–Kier alpha value is -2.86. The van der Waals surface area contributed by atoms with Gasteiger partial charge in [0.1, 0.15) is 11.6 Å². The number of hydrogen-bond donors (Lipinski definition) is 0. The van der Waals surface area contributed by atoms with Gasteiger partial charge in [0.2, 0.25) is 0 Å². The molecule has 6 heteroatoms. The van der Waals surface area contributed by atoms with Crippen molar-refractivity contribution in [1.29, 1.82) is 0 Å². The number of rotatable bonds is 5. The lowest BCUT2D eigenvalue weighted by Gasteiger charge is -2.36. The van der Waals surface area contributed by atoms with E-state index in [4.69, 9.17) is 14.5 Å². The maximum absolute atomic E-state index is 11.7. The molecule has 0 aromatic heterocycles. The third-order valence-corrected chi connectivity index (χ3v) is 4.97. The first-order valence-corrected chi connectivity index (χ1v) is 9.53. The first-order chi connectivity index (χ1) is 13.6. The van der Waals surface area contributed by atoms with Gasteiger partial charge in [-0.1, -0.05) is 25.1 Å². The minimum atomic E-state index is -0.339. The Kier molecular flexibility index (Phi) is 6.66. The van der Waals surface area contributed by atoms with Gasteiger partial charge in [-0.05, 0) is 30.8 Å². The summed E-state index contributed by atoms with van der Waals surface area (Å²) in [6, 6.07) is 15.2. The molecule has 3 rings (SSSR count). The molecule has 0 unspecified atom stereocenters. The summed E-state index contributed by atoms with van der Waals surface area (Å²) in [5, 5.41) is 0. The van der Waals surface area contributed by atoms with Crippen molar-refractivity contribution in [3.05, 3.63) is 59.7 Å². The fourth-order valence-corrected chi connectivity index (χ4v) is 3.27. The Bertz CT molecular complexity index is 825. The molecule has 1 aliphatic heterocycles. The van der Waals surface area contributed by atoms with Gasteiger partial charge in [0.25, 0.3) is 0 Å². The van der Waals surface area contributed by atoms with Gasteiger partial charge >= 0.3 is 5.97 Å². The lowest BCUT2D eigenvalue weighted by molar-refractivity contribution is 0.0600. The molecule has 6 nitrogen and oxygen atoms in total. The predicted molar refractivity (Wildman–Crippen MR) is 111 cm³/mol. The van der Waals surface area contributed by atoms with E-state index in [1.165, 1.54) is 7.11 Å². The largest absolute Gasteiger partial charge is 0.497 e. The SMILES string of the molecule is CCN1CCN(/C(=N/c2cccc(OC)c2)c2ccc(C(=O)OC)cc2)CC1. The normalized spacial score (nSPS) is 15.4. The van der Waals surface area contributed by atoms with E-state index in [1.807, 2.05) is 36.4 Å². The lowest BCUT2D eigenvalue weighted by atomic mass is 10.1. The zero-order valence-corrected chi connectivity index (χ0v) is 16.7. The van der Waals surface area contributed by atoms with Crippen molar-refractivity contribution < 1.29 is 14.3 Å². The molecular weight excluding hydrogens is 354 g/mol. The standard InChI is InChI=1S/C22H27N3O3/c1-4-24-12-14-25(15-13-24)21(23-19-6-5-7-20(16-19)27-2)17-8-10-18(11-9-17)22(26)28-3/h5-11,16H,4,12-15H2,1-3H3/b23-21+. The van der Waals surface area contributed by atoms with E-state index in [2.05, 4.69) is 16.7 Å². The van der Waals surface area contributed by atoms with Crippen LogP contribution in [0.2, 0.25) is 0 Å². The summed E-state index contributed by atoms with van der Waals surface area (Å²) in [5.41, 5.74) is 2.34. The Labute approximate surface area is 166 Å². The molecule has 0 amide bonds. The average Bonchev–Trinajstić information content (AvgIpc) is 2.77. The summed E-state index contributed by atoms with van der Waals surface area (Å²) < 4.78 is 10.1. The Morgan fingerprint density at radius 1 is 1.00 bits per heavy atom. The average molecular weight is 381 g/mol. The van der Waals surface area contributed by atoms with Crippen LogP contribution in [0, 0.1) is 0 Å². The molecule has 28 heavy (non-hydrogen) atoms. The summed E-state index contributed by atoms with van der Waals surface area (Å²) in [6.45, 7) is 7.09. The van der Waals surface area contributed by atoms with Crippen molar-refractivity contribution in [2.45, 2.75) is 6.92 Å². The molecule has 0 aliphatic carbocycles. The number of benzene rings is 2. The fraction of sp³-hybridized carbons (Fsp3) is 0.364. The predicted octanol–water partition coefficient (Wildman–Crippen LogP) is 3.20. The van der Waals surface area contributed by atoms with E-state index in [0.717, 1.165) is 55.6 Å². The summed E-state index contributed by atoms with van der Waals surface area (Å²) in [6.07, 6.45) is 0. The Morgan fingerprint density at radius 2 is 1.68 bits per heavy atom. The van der Waals surface area contributed by atoms with Crippen LogP contribution in [0.25, 0.3) is 0 Å². The highest BCUT2D eigenvalue weighted by Crippen LogP contribution is 2.22. The Morgan fingerprint density at radius 3 is 2.29 bits per heavy atom. The maximum atomic E-state index is 11.7. The number of piperazine rings is 1. The molecule has 0 radical (unpaired) electrons. The van der Waals surface area contributed by atoms with Crippen LogP contribution in [0.4, 0.5) is 5.69 Å². The minimum absolute atomic E-state index is 0.339. The van der Waals surface area contributed by atoms with Gasteiger partial charge in [0.05, 0.1) is 25.5 Å². The monoisotopic (exact) mass is 381 g/mol. The number of methoxy groups -OCH3 is 2. The number of nitrogens with zero attached hydrogens (tertiary/aromatic N) is 3. The summed E-state index contributed by atoms with van der Waals surface area (Å²) in [5.74, 6) is 1.34. The number of ether oxygens (including phenoxy) is 2. The minimum Gasteiger partial charge on any atom is -0.497 e. The van der Waals surface area contributed by atoms with Crippen LogP contribution in [0.15, 0.2) is 53.5 Å². The van der Waals surface area contributed by atoms with Crippen LogP contribution < -0.4 is 4.74 Å². The van der Waals surface area contributed by atoms with Crippen LogP contribution in [0.1, 0.15) is 22.8 Å². The van der Waals surface area contributed by atoms with Gasteiger partial charge in [-0.15, -0.1) is 0 Å². The molecule has 0 saturated carbocycles. The second kappa shape index (κ2) is 9.37. The Balaban J connectivity index is 1.94. The highest BCUT2D eigenvalue weighted by Gasteiger charge is 2.20. The highest BCUT2D eigenvalue weighted by molar-refractivity contribution is 6.01. The van der Waals surface area contributed by atoms with Crippen LogP contribution in [-0.4, -0.2) is 68.5 Å². The molecule has 1 aliphatic rings. The highest BCUT2D eigenvalue weighted by atomic mass is 16.5. The molecule has 0 spiro atoms. The van der Waals surface area contributed by atoms with Gasteiger partial charge in [0, 0.05) is 37.8 Å². The van der Waals surface area contributed by atoms with Crippen molar-refractivity contribution in [3.8, 4) is 5.75 Å². The van der Waals surface area contributed by atoms with Gasteiger partial charge < -0.3 is 19.3 Å². The molecule has 0 bridgehead atoms. The van der Waals surface area contributed by atoms with Crippen molar-refractivity contribution in [2.75, 3.05) is 46.9 Å². The van der Waals surface area contributed by atoms with E-state index in [9.17, 15) is 4.79 Å². The molecule has 2 aromatic rings.